The minimum absolute atomic E-state index is 0.0950. The number of hydrogen-bond acceptors (Lipinski definition) is 8. The summed E-state index contributed by atoms with van der Waals surface area (Å²) in [5.41, 5.74) is 1.24. The van der Waals surface area contributed by atoms with Crippen LogP contribution in [0.5, 0.6) is 0 Å². The summed E-state index contributed by atoms with van der Waals surface area (Å²) in [6.07, 6.45) is 3.36. The Hall–Kier alpha value is -3.27. The van der Waals surface area contributed by atoms with Gasteiger partial charge in [-0.05, 0) is 43.1 Å². The fourth-order valence-electron chi connectivity index (χ4n) is 5.01. The molecule has 1 unspecified atom stereocenters. The van der Waals surface area contributed by atoms with Gasteiger partial charge in [0.05, 0.1) is 13.0 Å². The predicted molar refractivity (Wildman–Crippen MR) is 157 cm³/mol. The summed E-state index contributed by atoms with van der Waals surface area (Å²) in [5, 5.41) is 5.19. The minimum Gasteiger partial charge on any atom is -0.469 e. The van der Waals surface area contributed by atoms with Crippen molar-refractivity contribution in [2.24, 2.45) is 17.8 Å². The number of ether oxygens (including phenoxy) is 2. The number of nitrogens with zero attached hydrogens (tertiary/aromatic N) is 2. The predicted octanol–water partition coefficient (Wildman–Crippen LogP) is 4.96. The molecule has 2 aromatic rings. The summed E-state index contributed by atoms with van der Waals surface area (Å²) in [6, 6.07) is 9.25. The molecule has 1 aliphatic carbocycles. The zero-order chi connectivity index (χ0) is 30.1. The van der Waals surface area contributed by atoms with Gasteiger partial charge in [-0.2, -0.15) is 0 Å². The summed E-state index contributed by atoms with van der Waals surface area (Å²) in [4.78, 5) is 56.7. The van der Waals surface area contributed by atoms with E-state index in [1.54, 1.807) is 17.2 Å². The van der Waals surface area contributed by atoms with Gasteiger partial charge in [-0.25, -0.2) is 4.98 Å². The van der Waals surface area contributed by atoms with E-state index in [1.807, 2.05) is 51.2 Å². The Bertz CT molecular complexity index is 1180. The van der Waals surface area contributed by atoms with Gasteiger partial charge in [0.25, 0.3) is 5.91 Å². The van der Waals surface area contributed by atoms with E-state index in [1.165, 1.54) is 25.4 Å². The molecule has 3 rings (SSSR count). The van der Waals surface area contributed by atoms with Crippen molar-refractivity contribution in [2.45, 2.75) is 84.4 Å². The van der Waals surface area contributed by atoms with Gasteiger partial charge in [-0.15, -0.1) is 11.3 Å². The number of hydrogen-bond donors (Lipinski definition) is 1. The van der Waals surface area contributed by atoms with Crippen molar-refractivity contribution >= 4 is 35.1 Å². The van der Waals surface area contributed by atoms with Crippen molar-refractivity contribution in [3.8, 4) is 0 Å². The van der Waals surface area contributed by atoms with Crippen LogP contribution in [0.25, 0.3) is 0 Å². The van der Waals surface area contributed by atoms with E-state index in [0.29, 0.717) is 36.6 Å². The molecule has 0 aliphatic heterocycles. The van der Waals surface area contributed by atoms with Crippen molar-refractivity contribution < 1.29 is 28.7 Å². The highest BCUT2D eigenvalue weighted by Crippen LogP contribution is 2.35. The summed E-state index contributed by atoms with van der Waals surface area (Å²) in [7, 11) is 3.16. The van der Waals surface area contributed by atoms with E-state index >= 15 is 0 Å². The summed E-state index contributed by atoms with van der Waals surface area (Å²) in [5.74, 6) is -0.867. The number of rotatable bonds is 15. The molecule has 1 aromatic carbocycles. The molecule has 0 bridgehead atoms. The van der Waals surface area contributed by atoms with Crippen molar-refractivity contribution in [1.29, 1.82) is 0 Å². The third-order valence-electron chi connectivity index (χ3n) is 7.52. The first kappa shape index (κ1) is 32.2. The van der Waals surface area contributed by atoms with Crippen LogP contribution in [0.2, 0.25) is 0 Å². The Morgan fingerprint density at radius 3 is 2.37 bits per heavy atom. The van der Waals surface area contributed by atoms with Crippen LogP contribution in [0, 0.1) is 17.8 Å². The summed E-state index contributed by atoms with van der Waals surface area (Å²) in [6.45, 7) is 7.20. The first-order valence-electron chi connectivity index (χ1n) is 14.3. The molecule has 1 saturated carbocycles. The lowest BCUT2D eigenvalue weighted by atomic mass is 9.96. The van der Waals surface area contributed by atoms with Crippen LogP contribution in [-0.2, 0) is 30.3 Å². The largest absolute Gasteiger partial charge is 0.469 e. The van der Waals surface area contributed by atoms with E-state index in [0.717, 1.165) is 18.4 Å². The number of carbonyl (C=O) groups excluding carboxylic acids is 4. The van der Waals surface area contributed by atoms with Gasteiger partial charge in [-0.3, -0.25) is 19.2 Å². The Morgan fingerprint density at radius 1 is 1.10 bits per heavy atom. The van der Waals surface area contributed by atoms with Crippen LogP contribution >= 0.6 is 11.3 Å². The van der Waals surface area contributed by atoms with Gasteiger partial charge < -0.3 is 19.7 Å². The smallest absolute Gasteiger partial charge is 0.308 e. The SMILES string of the molecule is COC(=O)[C@@H](C)C[C@H](Cc1ccccc1)NC(=O)c1csc([C@@H](CC(C(C)C)N(C)C(=O)CC2CC2)OC(C)=O)n1. The fraction of sp³-hybridized carbons (Fsp3) is 0.581. The Morgan fingerprint density at radius 2 is 1.78 bits per heavy atom. The molecule has 0 saturated heterocycles. The second kappa shape index (κ2) is 15.1. The fourth-order valence-corrected chi connectivity index (χ4v) is 5.85. The molecular formula is C31H43N3O6S. The number of methoxy groups -OCH3 is 1. The van der Waals surface area contributed by atoms with E-state index in [2.05, 4.69) is 10.3 Å². The molecule has 0 radical (unpaired) electrons. The maximum absolute atomic E-state index is 13.3. The normalized spacial score (nSPS) is 15.9. The molecule has 41 heavy (non-hydrogen) atoms. The molecule has 224 valence electrons. The van der Waals surface area contributed by atoms with Crippen LogP contribution in [0.4, 0.5) is 0 Å². The highest BCUT2D eigenvalue weighted by molar-refractivity contribution is 7.09. The Labute approximate surface area is 247 Å². The highest BCUT2D eigenvalue weighted by Gasteiger charge is 2.33. The van der Waals surface area contributed by atoms with Gasteiger partial charge in [0, 0.05) is 44.3 Å². The maximum Gasteiger partial charge on any atom is 0.308 e. The standard InChI is InChI=1S/C31H43N3O6S/c1-19(2)26(34(5)28(36)16-23-12-13-23)17-27(40-21(4)35)30-33-25(18-41-30)29(37)32-24(14-20(3)31(38)39-6)15-22-10-8-7-9-11-22/h7-11,18-20,23-24,26-27H,12-17H2,1-6H3,(H,32,37)/t20-,24+,26?,27+/m0/s1. The number of thiazole rings is 1. The van der Waals surface area contributed by atoms with Gasteiger partial charge in [-0.1, -0.05) is 51.1 Å². The molecule has 2 amide bonds. The van der Waals surface area contributed by atoms with Crippen molar-refractivity contribution in [1.82, 2.24) is 15.2 Å². The molecule has 1 fully saturated rings. The van der Waals surface area contributed by atoms with Gasteiger partial charge in [0.15, 0.2) is 6.10 Å². The third-order valence-corrected chi connectivity index (χ3v) is 8.45. The average molecular weight is 586 g/mol. The number of amides is 2. The number of nitrogens with one attached hydrogen (secondary N) is 1. The van der Waals surface area contributed by atoms with Gasteiger partial charge in [0.1, 0.15) is 10.7 Å². The van der Waals surface area contributed by atoms with E-state index in [4.69, 9.17) is 9.47 Å². The number of aromatic nitrogens is 1. The lowest BCUT2D eigenvalue weighted by Crippen LogP contribution is -2.42. The summed E-state index contributed by atoms with van der Waals surface area (Å²) >= 11 is 1.25. The topological polar surface area (TPSA) is 115 Å². The first-order valence-corrected chi connectivity index (χ1v) is 15.2. The van der Waals surface area contributed by atoms with Gasteiger partial charge in [0.2, 0.25) is 5.91 Å². The van der Waals surface area contributed by atoms with Crippen LogP contribution in [-0.4, -0.2) is 59.9 Å². The molecule has 1 heterocycles. The average Bonchev–Trinajstić information content (AvgIpc) is 3.60. The highest BCUT2D eigenvalue weighted by atomic mass is 32.1. The molecule has 10 heteroatoms. The second-order valence-corrected chi connectivity index (χ2v) is 12.3. The lowest BCUT2D eigenvalue weighted by Gasteiger charge is -2.33. The van der Waals surface area contributed by atoms with E-state index in [-0.39, 0.29) is 41.5 Å². The zero-order valence-electron chi connectivity index (χ0n) is 24.9. The van der Waals surface area contributed by atoms with Gasteiger partial charge >= 0.3 is 11.9 Å². The second-order valence-electron chi connectivity index (χ2n) is 11.4. The Kier molecular flexibility index (Phi) is 11.9. The van der Waals surface area contributed by atoms with Crippen molar-refractivity contribution in [3.63, 3.8) is 0 Å². The molecule has 0 spiro atoms. The number of esters is 2. The van der Waals surface area contributed by atoms with E-state index < -0.39 is 18.0 Å². The maximum atomic E-state index is 13.3. The van der Waals surface area contributed by atoms with E-state index in [9.17, 15) is 19.2 Å². The van der Waals surface area contributed by atoms with Crippen LogP contribution in [0.3, 0.4) is 0 Å². The zero-order valence-corrected chi connectivity index (χ0v) is 25.7. The number of carbonyl (C=O) groups is 4. The molecule has 1 aromatic heterocycles. The lowest BCUT2D eigenvalue weighted by molar-refractivity contribution is -0.148. The molecule has 1 aliphatic rings. The quantitative estimate of drug-likeness (QED) is 0.294. The third kappa shape index (κ3) is 9.95. The van der Waals surface area contributed by atoms with Crippen LogP contribution < -0.4 is 5.32 Å². The molecule has 1 N–H and O–H groups in total. The van der Waals surface area contributed by atoms with Crippen LogP contribution in [0.1, 0.15) is 87.0 Å². The molecular weight excluding hydrogens is 542 g/mol. The van der Waals surface area contributed by atoms with Crippen molar-refractivity contribution in [2.75, 3.05) is 14.2 Å². The summed E-state index contributed by atoms with van der Waals surface area (Å²) < 4.78 is 10.6. The monoisotopic (exact) mass is 585 g/mol. The number of benzene rings is 1. The molecule has 4 atom stereocenters. The van der Waals surface area contributed by atoms with Crippen molar-refractivity contribution in [3.05, 3.63) is 52.0 Å². The minimum atomic E-state index is -0.693. The molecule has 9 nitrogen and oxygen atoms in total. The van der Waals surface area contributed by atoms with Crippen LogP contribution in [0.15, 0.2) is 35.7 Å². The Balaban J connectivity index is 1.76. The first-order chi connectivity index (χ1) is 19.5.